The predicted molar refractivity (Wildman–Crippen MR) is 96.6 cm³/mol. The Bertz CT molecular complexity index is 782. The van der Waals surface area contributed by atoms with Crippen molar-refractivity contribution in [3.8, 4) is 10.6 Å². The summed E-state index contributed by atoms with van der Waals surface area (Å²) in [5.74, 6) is 1.24. The molecule has 0 aliphatic heterocycles. The van der Waals surface area contributed by atoms with Crippen molar-refractivity contribution >= 4 is 23.1 Å². The molecule has 0 N–H and O–H groups in total. The van der Waals surface area contributed by atoms with E-state index in [0.717, 1.165) is 21.0 Å². The van der Waals surface area contributed by atoms with Gasteiger partial charge in [0.25, 0.3) is 5.03 Å². The van der Waals surface area contributed by atoms with Crippen molar-refractivity contribution in [3.63, 3.8) is 0 Å². The highest BCUT2D eigenvalue weighted by atomic mass is 32.2. The zero-order chi connectivity index (χ0) is 16.2. The summed E-state index contributed by atoms with van der Waals surface area (Å²) in [5.41, 5.74) is 3.49. The Morgan fingerprint density at radius 1 is 1.17 bits per heavy atom. The van der Waals surface area contributed by atoms with Crippen molar-refractivity contribution < 1.29 is 4.73 Å². The molecule has 0 aliphatic rings. The van der Waals surface area contributed by atoms with Gasteiger partial charge in [-0.15, -0.1) is 11.3 Å². The van der Waals surface area contributed by atoms with Gasteiger partial charge in [-0.3, -0.25) is 0 Å². The Morgan fingerprint density at radius 3 is 2.65 bits per heavy atom. The molecule has 0 atom stereocenters. The summed E-state index contributed by atoms with van der Waals surface area (Å²) in [7, 11) is 0. The molecule has 23 heavy (non-hydrogen) atoms. The first kappa shape index (κ1) is 16.0. The van der Waals surface area contributed by atoms with E-state index in [0.29, 0.717) is 16.7 Å². The average molecular weight is 342 g/mol. The third-order valence-electron chi connectivity index (χ3n) is 3.53. The Morgan fingerprint density at radius 2 is 1.96 bits per heavy atom. The molecule has 0 fully saturated rings. The van der Waals surface area contributed by atoms with E-state index in [-0.39, 0.29) is 0 Å². The number of aromatic nitrogens is 2. The number of hydrogen-bond donors (Lipinski definition) is 0. The minimum Gasteiger partial charge on any atom is -0.618 e. The van der Waals surface area contributed by atoms with Crippen molar-refractivity contribution in [2.75, 3.05) is 0 Å². The molecule has 3 rings (SSSR count). The van der Waals surface area contributed by atoms with Gasteiger partial charge in [-0.25, -0.2) is 4.98 Å². The number of hydrogen-bond acceptors (Lipinski definition) is 4. The first-order valence-corrected chi connectivity index (χ1v) is 9.36. The van der Waals surface area contributed by atoms with Gasteiger partial charge in [0.1, 0.15) is 5.01 Å². The second kappa shape index (κ2) is 7.15. The zero-order valence-corrected chi connectivity index (χ0v) is 14.7. The minimum atomic E-state index is 0.539. The molecule has 0 bridgehead atoms. The number of nitrogens with zero attached hydrogens (tertiary/aromatic N) is 2. The van der Waals surface area contributed by atoms with Gasteiger partial charge in [0.05, 0.1) is 5.69 Å². The van der Waals surface area contributed by atoms with Crippen LogP contribution >= 0.6 is 23.1 Å². The molecule has 0 amide bonds. The molecule has 0 radical (unpaired) electrons. The monoisotopic (exact) mass is 342 g/mol. The van der Waals surface area contributed by atoms with Gasteiger partial charge in [0, 0.05) is 28.8 Å². The third-order valence-corrected chi connectivity index (χ3v) is 5.52. The number of rotatable bonds is 5. The van der Waals surface area contributed by atoms with Crippen molar-refractivity contribution in [1.82, 2.24) is 4.98 Å². The van der Waals surface area contributed by atoms with Crippen LogP contribution in [0.1, 0.15) is 31.0 Å². The quantitative estimate of drug-likeness (QED) is 0.378. The highest BCUT2D eigenvalue weighted by molar-refractivity contribution is 7.98. The van der Waals surface area contributed by atoms with Crippen LogP contribution in [0.2, 0.25) is 0 Å². The van der Waals surface area contributed by atoms with Crippen LogP contribution in [0.5, 0.6) is 0 Å². The Hall–Kier alpha value is -1.85. The van der Waals surface area contributed by atoms with E-state index in [1.807, 2.05) is 12.1 Å². The van der Waals surface area contributed by atoms with Crippen molar-refractivity contribution in [1.29, 1.82) is 0 Å². The summed E-state index contributed by atoms with van der Waals surface area (Å²) < 4.78 is 0.891. The molecule has 118 valence electrons. The van der Waals surface area contributed by atoms with Crippen LogP contribution in [0.25, 0.3) is 10.6 Å². The average Bonchev–Trinajstić information content (AvgIpc) is 3.03. The van der Waals surface area contributed by atoms with Crippen LogP contribution in [-0.4, -0.2) is 4.98 Å². The second-order valence-corrected chi connectivity index (χ2v) is 7.43. The van der Waals surface area contributed by atoms with Gasteiger partial charge in [0.15, 0.2) is 6.20 Å². The first-order valence-electron chi connectivity index (χ1n) is 7.49. The predicted octanol–water partition coefficient (Wildman–Crippen LogP) is 4.86. The lowest BCUT2D eigenvalue weighted by Gasteiger charge is -2.05. The molecule has 0 spiro atoms. The molecular formula is C18H18N2OS2. The van der Waals surface area contributed by atoms with E-state index in [1.54, 1.807) is 17.4 Å². The molecule has 3 aromatic rings. The molecule has 0 aliphatic carbocycles. The van der Waals surface area contributed by atoms with Crippen LogP contribution in [0, 0.1) is 5.21 Å². The highest BCUT2D eigenvalue weighted by Gasteiger charge is 2.09. The Balaban J connectivity index is 1.69. The maximum absolute atomic E-state index is 11.6. The molecule has 2 heterocycles. The maximum atomic E-state index is 11.6. The van der Waals surface area contributed by atoms with E-state index in [2.05, 4.69) is 48.5 Å². The standard InChI is InChI=1S/C18H18N2OS2/c1-13(2)14-6-8-15(9-7-14)18-19-16(12-23-18)11-22-17-5-3-4-10-20(17)21/h3-10,12-13H,11H2,1-2H3. The molecule has 2 aromatic heterocycles. The molecular weight excluding hydrogens is 324 g/mol. The summed E-state index contributed by atoms with van der Waals surface area (Å²) in [5, 5.41) is 15.4. The zero-order valence-electron chi connectivity index (χ0n) is 13.1. The minimum absolute atomic E-state index is 0.539. The van der Waals surface area contributed by atoms with Crippen molar-refractivity contribution in [3.05, 3.63) is 70.5 Å². The summed E-state index contributed by atoms with van der Waals surface area (Å²) in [4.78, 5) is 4.69. The Labute approximate surface area is 144 Å². The van der Waals surface area contributed by atoms with Crippen LogP contribution in [0.4, 0.5) is 0 Å². The molecule has 3 nitrogen and oxygen atoms in total. The van der Waals surface area contributed by atoms with Gasteiger partial charge < -0.3 is 5.21 Å². The largest absolute Gasteiger partial charge is 0.618 e. The van der Waals surface area contributed by atoms with E-state index >= 15 is 0 Å². The summed E-state index contributed by atoms with van der Waals surface area (Å²) in [6.07, 6.45) is 1.52. The molecule has 0 saturated heterocycles. The number of thioether (sulfide) groups is 1. The summed E-state index contributed by atoms with van der Waals surface area (Å²) in [6, 6.07) is 14.0. The number of pyridine rings is 1. The van der Waals surface area contributed by atoms with E-state index < -0.39 is 0 Å². The molecule has 0 saturated carbocycles. The van der Waals surface area contributed by atoms with Crippen LogP contribution in [0.15, 0.2) is 59.1 Å². The van der Waals surface area contributed by atoms with Gasteiger partial charge in [-0.05, 0) is 29.3 Å². The van der Waals surface area contributed by atoms with Crippen molar-refractivity contribution in [2.24, 2.45) is 0 Å². The summed E-state index contributed by atoms with van der Waals surface area (Å²) in [6.45, 7) is 4.39. The molecule has 5 heteroatoms. The molecule has 1 aromatic carbocycles. The topological polar surface area (TPSA) is 39.8 Å². The van der Waals surface area contributed by atoms with Crippen LogP contribution in [0.3, 0.4) is 0 Å². The maximum Gasteiger partial charge on any atom is 0.251 e. The fraction of sp³-hybridized carbons (Fsp3) is 0.222. The van der Waals surface area contributed by atoms with Gasteiger partial charge in [-0.2, -0.15) is 4.73 Å². The van der Waals surface area contributed by atoms with Crippen LogP contribution in [-0.2, 0) is 5.75 Å². The van der Waals surface area contributed by atoms with E-state index in [9.17, 15) is 5.21 Å². The second-order valence-electron chi connectivity index (χ2n) is 5.57. The fourth-order valence-corrected chi connectivity index (χ4v) is 3.93. The number of thiazole rings is 1. The van der Waals surface area contributed by atoms with Gasteiger partial charge in [-0.1, -0.05) is 38.1 Å². The lowest BCUT2D eigenvalue weighted by molar-refractivity contribution is -0.645. The van der Waals surface area contributed by atoms with E-state index in [4.69, 9.17) is 0 Å². The SMILES string of the molecule is CC(C)c1ccc(-c2nc(CSc3cccc[n+]3[O-])cs2)cc1. The highest BCUT2D eigenvalue weighted by Crippen LogP contribution is 2.28. The lowest BCUT2D eigenvalue weighted by Crippen LogP contribution is -2.27. The third kappa shape index (κ3) is 3.92. The normalized spacial score (nSPS) is 11.1. The number of benzene rings is 1. The van der Waals surface area contributed by atoms with E-state index in [1.165, 1.54) is 23.5 Å². The van der Waals surface area contributed by atoms with Gasteiger partial charge in [0.2, 0.25) is 0 Å². The fourth-order valence-electron chi connectivity index (χ4n) is 2.19. The summed E-state index contributed by atoms with van der Waals surface area (Å²) >= 11 is 3.16. The first-order chi connectivity index (χ1) is 11.1. The van der Waals surface area contributed by atoms with Gasteiger partial charge >= 0.3 is 0 Å². The Kier molecular flexibility index (Phi) is 4.98. The van der Waals surface area contributed by atoms with Crippen LogP contribution < -0.4 is 4.73 Å². The smallest absolute Gasteiger partial charge is 0.251 e. The molecule has 0 unspecified atom stereocenters. The van der Waals surface area contributed by atoms with Crippen molar-refractivity contribution in [2.45, 2.75) is 30.5 Å². The lowest BCUT2D eigenvalue weighted by atomic mass is 10.0.